The summed E-state index contributed by atoms with van der Waals surface area (Å²) >= 11 is 0. The number of hydrogen-bond acceptors (Lipinski definition) is 1. The molecule has 13 heavy (non-hydrogen) atoms. The van der Waals surface area contributed by atoms with Crippen molar-refractivity contribution in [2.75, 3.05) is 0 Å². The maximum absolute atomic E-state index is 5.42. The van der Waals surface area contributed by atoms with Gasteiger partial charge >= 0.3 is 0 Å². The maximum Gasteiger partial charge on any atom is 0.255 e. The molecule has 0 N–H and O–H groups in total. The van der Waals surface area contributed by atoms with E-state index in [2.05, 4.69) is 52.4 Å². The van der Waals surface area contributed by atoms with Gasteiger partial charge in [-0.25, -0.2) is 0 Å². The zero-order valence-electron chi connectivity index (χ0n) is 9.82. The predicted octanol–water partition coefficient (Wildman–Crippen LogP) is 3.63. The van der Waals surface area contributed by atoms with Crippen molar-refractivity contribution in [3.63, 3.8) is 0 Å². The van der Waals surface area contributed by atoms with Crippen molar-refractivity contribution >= 4 is 8.32 Å². The van der Waals surface area contributed by atoms with Crippen molar-refractivity contribution in [1.29, 1.82) is 0 Å². The van der Waals surface area contributed by atoms with Crippen LogP contribution in [0.15, 0.2) is 0 Å². The first-order chi connectivity index (χ1) is 5.71. The molecule has 0 spiro atoms. The molecule has 0 fully saturated rings. The molecule has 0 aromatic carbocycles. The fourth-order valence-electron chi connectivity index (χ4n) is 0.678. The van der Waals surface area contributed by atoms with Crippen molar-refractivity contribution in [3.05, 3.63) is 0 Å². The van der Waals surface area contributed by atoms with Crippen LogP contribution in [0, 0.1) is 17.4 Å². The molecule has 0 amide bonds. The molecule has 0 heterocycles. The molecular weight excluding hydrogens is 176 g/mol. The minimum Gasteiger partial charge on any atom is -0.501 e. The summed E-state index contributed by atoms with van der Waals surface area (Å²) in [7, 11) is -1.43. The summed E-state index contributed by atoms with van der Waals surface area (Å²) in [6, 6.07) is 0. The van der Waals surface area contributed by atoms with E-state index in [9.17, 15) is 0 Å². The first-order valence-electron chi connectivity index (χ1n) is 4.87. The summed E-state index contributed by atoms with van der Waals surface area (Å²) in [6.45, 7) is 13.1. The van der Waals surface area contributed by atoms with Crippen LogP contribution in [0.5, 0.6) is 0 Å². The summed E-state index contributed by atoms with van der Waals surface area (Å²) in [4.78, 5) is 0. The number of rotatable bonds is 2. The van der Waals surface area contributed by atoms with Crippen LogP contribution in [-0.4, -0.2) is 8.32 Å². The highest BCUT2D eigenvalue weighted by Gasteiger charge is 2.13. The minimum absolute atomic E-state index is 0.383. The van der Waals surface area contributed by atoms with Crippen molar-refractivity contribution in [2.24, 2.45) is 5.41 Å². The van der Waals surface area contributed by atoms with Crippen LogP contribution in [0.4, 0.5) is 0 Å². The monoisotopic (exact) mass is 198 g/mol. The molecule has 0 aromatic heterocycles. The van der Waals surface area contributed by atoms with Crippen LogP contribution >= 0.6 is 0 Å². The van der Waals surface area contributed by atoms with Gasteiger partial charge < -0.3 is 4.43 Å². The Kier molecular flexibility index (Phi) is 4.56. The molecule has 0 aliphatic heterocycles. The second-order valence-electron chi connectivity index (χ2n) is 5.55. The smallest absolute Gasteiger partial charge is 0.255 e. The van der Waals surface area contributed by atoms with Gasteiger partial charge in [-0.2, -0.15) is 0 Å². The van der Waals surface area contributed by atoms with Crippen LogP contribution < -0.4 is 0 Å². The van der Waals surface area contributed by atoms with Gasteiger partial charge in [0.05, 0.1) is 6.11 Å². The summed E-state index contributed by atoms with van der Waals surface area (Å²) < 4.78 is 5.42. The standard InChI is InChI=1S/C11H22OSi/c1-11(2,3)9-7-8-10-12-13(4,5)6/h7,9H2,1-6H3. The highest BCUT2D eigenvalue weighted by Crippen LogP contribution is 2.19. The van der Waals surface area contributed by atoms with Gasteiger partial charge in [0, 0.05) is 6.42 Å². The molecule has 76 valence electrons. The molecule has 0 radical (unpaired) electrons. The summed E-state index contributed by atoms with van der Waals surface area (Å²) in [5.74, 6) is 3.06. The quantitative estimate of drug-likeness (QED) is 0.486. The predicted molar refractivity (Wildman–Crippen MR) is 60.9 cm³/mol. The molecule has 0 saturated heterocycles. The third kappa shape index (κ3) is 11.6. The third-order valence-electron chi connectivity index (χ3n) is 1.43. The fourth-order valence-corrected chi connectivity index (χ4v) is 1.06. The van der Waals surface area contributed by atoms with Crippen LogP contribution in [-0.2, 0) is 4.43 Å². The molecular formula is C11H22OSi. The van der Waals surface area contributed by atoms with Crippen LogP contribution in [0.3, 0.4) is 0 Å². The Morgan fingerprint density at radius 2 is 1.69 bits per heavy atom. The molecule has 0 aliphatic rings. The van der Waals surface area contributed by atoms with Gasteiger partial charge in [0.15, 0.2) is 0 Å². The highest BCUT2D eigenvalue weighted by atomic mass is 28.4. The van der Waals surface area contributed by atoms with Crippen LogP contribution in [0.2, 0.25) is 19.6 Å². The van der Waals surface area contributed by atoms with Crippen molar-refractivity contribution in [1.82, 2.24) is 0 Å². The van der Waals surface area contributed by atoms with Crippen molar-refractivity contribution in [2.45, 2.75) is 53.3 Å². The van der Waals surface area contributed by atoms with Gasteiger partial charge in [-0.3, -0.25) is 0 Å². The van der Waals surface area contributed by atoms with Gasteiger partial charge in [0.25, 0.3) is 8.32 Å². The first-order valence-corrected chi connectivity index (χ1v) is 8.27. The average molecular weight is 198 g/mol. The lowest BCUT2D eigenvalue weighted by Crippen LogP contribution is -2.22. The third-order valence-corrected chi connectivity index (χ3v) is 2.14. The topological polar surface area (TPSA) is 9.23 Å². The molecule has 0 bridgehead atoms. The normalized spacial score (nSPS) is 11.8. The lowest BCUT2D eigenvalue weighted by Gasteiger charge is -2.15. The Bertz CT molecular complexity index is 197. The molecule has 0 unspecified atom stereocenters. The molecule has 1 nitrogen and oxygen atoms in total. The molecule has 0 atom stereocenters. The molecule has 2 heteroatoms. The molecule has 0 saturated carbocycles. The Morgan fingerprint density at radius 1 is 1.15 bits per heavy atom. The fraction of sp³-hybridized carbons (Fsp3) is 0.818. The summed E-state index contributed by atoms with van der Waals surface area (Å²) in [6.07, 6.45) is 4.88. The van der Waals surface area contributed by atoms with E-state index in [0.29, 0.717) is 5.41 Å². The minimum atomic E-state index is -1.43. The average Bonchev–Trinajstić information content (AvgIpc) is 1.81. The van der Waals surface area contributed by atoms with Gasteiger partial charge in [0.2, 0.25) is 0 Å². The maximum atomic E-state index is 5.42. The molecule has 0 rings (SSSR count). The summed E-state index contributed by atoms with van der Waals surface area (Å²) in [5.41, 5.74) is 0.383. The SMILES string of the molecule is CC(C)(C)CCC#CO[Si](C)(C)C. The summed E-state index contributed by atoms with van der Waals surface area (Å²) in [5, 5.41) is 0. The van der Waals surface area contributed by atoms with E-state index in [4.69, 9.17) is 4.43 Å². The van der Waals surface area contributed by atoms with Crippen LogP contribution in [0.25, 0.3) is 0 Å². The van der Waals surface area contributed by atoms with E-state index in [1.807, 2.05) is 0 Å². The van der Waals surface area contributed by atoms with Gasteiger partial charge in [-0.05, 0) is 31.5 Å². The van der Waals surface area contributed by atoms with E-state index < -0.39 is 8.32 Å². The lowest BCUT2D eigenvalue weighted by molar-refractivity contribution is 0.383. The zero-order chi connectivity index (χ0) is 10.5. The molecule has 0 aliphatic carbocycles. The Morgan fingerprint density at radius 3 is 2.08 bits per heavy atom. The van der Waals surface area contributed by atoms with Gasteiger partial charge in [0.1, 0.15) is 0 Å². The van der Waals surface area contributed by atoms with E-state index in [1.165, 1.54) is 0 Å². The van der Waals surface area contributed by atoms with E-state index >= 15 is 0 Å². The van der Waals surface area contributed by atoms with Crippen molar-refractivity contribution in [3.8, 4) is 12.0 Å². The molecule has 0 aromatic rings. The Balaban J connectivity index is 3.65. The zero-order valence-corrected chi connectivity index (χ0v) is 10.8. The van der Waals surface area contributed by atoms with Crippen LogP contribution in [0.1, 0.15) is 33.6 Å². The Labute approximate surface area is 84.0 Å². The van der Waals surface area contributed by atoms with Gasteiger partial charge in [-0.15, -0.1) is 0 Å². The first kappa shape index (κ1) is 12.6. The second-order valence-corrected chi connectivity index (χ2v) is 9.98. The Hall–Kier alpha value is -0.423. The number of hydrogen-bond donors (Lipinski definition) is 0. The van der Waals surface area contributed by atoms with Crippen molar-refractivity contribution < 1.29 is 4.43 Å². The van der Waals surface area contributed by atoms with E-state index in [1.54, 1.807) is 0 Å². The largest absolute Gasteiger partial charge is 0.501 e. The van der Waals surface area contributed by atoms with E-state index in [-0.39, 0.29) is 0 Å². The highest BCUT2D eigenvalue weighted by molar-refractivity contribution is 6.70. The van der Waals surface area contributed by atoms with E-state index in [0.717, 1.165) is 12.8 Å². The lowest BCUT2D eigenvalue weighted by atomic mass is 9.91. The second kappa shape index (κ2) is 4.71. The van der Waals surface area contributed by atoms with Gasteiger partial charge in [-0.1, -0.05) is 26.7 Å².